The maximum Gasteiger partial charge on any atom is 2.00 e. The van der Waals surface area contributed by atoms with Crippen LogP contribution >= 0.6 is 0 Å². The number of hydrogen-bond donors (Lipinski definition) is 0. The number of allylic oxidation sites excluding steroid dienone is 8. The minimum absolute atomic E-state index is 0. The molecule has 4 aliphatic rings. The van der Waals surface area contributed by atoms with Crippen LogP contribution in [0.15, 0.2) is 97.7 Å². The average molecular weight is 682 g/mol. The Balaban J connectivity index is -0.000000422. The molecular weight excluding hydrogens is 658 g/mol. The first-order chi connectivity index (χ1) is 18.5. The molecular formula is C22H24CuF6N4O6S2-4. The average Bonchev–Trinajstić information content (AvgIpc) is 2.92. The van der Waals surface area contributed by atoms with E-state index in [4.69, 9.17) is 25.9 Å². The van der Waals surface area contributed by atoms with Gasteiger partial charge in [0.05, 0.1) is 0 Å². The Bertz CT molecular complexity index is 960. The number of hydrogen-bond acceptors (Lipinski definition) is 6. The van der Waals surface area contributed by atoms with Crippen LogP contribution in [0.2, 0.25) is 0 Å². The number of alkyl halides is 6. The predicted octanol–water partition coefficient (Wildman–Crippen LogP) is 5.87. The van der Waals surface area contributed by atoms with Crippen molar-refractivity contribution in [3.63, 3.8) is 0 Å². The fraction of sp³-hybridized carbons (Fsp3) is 0.273. The van der Waals surface area contributed by atoms with E-state index in [0.717, 1.165) is 26.2 Å². The van der Waals surface area contributed by atoms with Gasteiger partial charge in [-0.2, -0.15) is 51.1 Å². The van der Waals surface area contributed by atoms with Crippen LogP contribution in [0.5, 0.6) is 0 Å². The van der Waals surface area contributed by atoms with Crippen LogP contribution in [0.25, 0.3) is 21.3 Å². The molecule has 41 heavy (non-hydrogen) atoms. The fourth-order valence-electron chi connectivity index (χ4n) is 1.49. The summed E-state index contributed by atoms with van der Waals surface area (Å²) in [5.41, 5.74) is -11.3. The summed E-state index contributed by atoms with van der Waals surface area (Å²) >= 11 is 0. The summed E-state index contributed by atoms with van der Waals surface area (Å²) in [6.07, 6.45) is 30.9. The van der Waals surface area contributed by atoms with E-state index in [9.17, 15) is 26.3 Å². The van der Waals surface area contributed by atoms with Crippen molar-refractivity contribution in [3.8, 4) is 0 Å². The SMILES string of the molecule is C1=CC[N-]C=C1.C1=CC[N-]C=C1.C1=CC[N-]C=C1.C1=CC[N-]C=C1.O=S(=O)([O-])C(F)(F)F.O=S(=O)([O-])C(F)(F)F.[Cu+2]. The quantitative estimate of drug-likeness (QED) is 0.134. The number of nitrogens with zero attached hydrogens (tertiary/aromatic N) is 4. The van der Waals surface area contributed by atoms with Crippen LogP contribution in [0.1, 0.15) is 0 Å². The third-order valence-corrected chi connectivity index (χ3v) is 4.30. The van der Waals surface area contributed by atoms with Gasteiger partial charge in [0.25, 0.3) is 0 Å². The van der Waals surface area contributed by atoms with Crippen molar-refractivity contribution in [3.05, 3.63) is 119 Å². The zero-order valence-electron chi connectivity index (χ0n) is 20.7. The molecule has 0 amide bonds. The number of halogens is 6. The van der Waals surface area contributed by atoms with E-state index in [1.807, 2.05) is 72.9 Å². The van der Waals surface area contributed by atoms with Crippen LogP contribution in [-0.4, -0.2) is 63.1 Å². The number of rotatable bonds is 0. The largest absolute Gasteiger partial charge is 2.00 e. The maximum absolute atomic E-state index is 10.7. The van der Waals surface area contributed by atoms with Gasteiger partial charge in [0.15, 0.2) is 20.2 Å². The van der Waals surface area contributed by atoms with Crippen LogP contribution in [0, 0.1) is 0 Å². The Hall–Kier alpha value is -2.96. The van der Waals surface area contributed by atoms with E-state index in [2.05, 4.69) is 21.3 Å². The molecule has 0 atom stereocenters. The molecule has 4 heterocycles. The van der Waals surface area contributed by atoms with Gasteiger partial charge < -0.3 is 30.4 Å². The second-order valence-corrected chi connectivity index (χ2v) is 9.08. The van der Waals surface area contributed by atoms with Crippen molar-refractivity contribution in [2.75, 3.05) is 26.2 Å². The Kier molecular flexibility index (Phi) is 24.6. The Morgan fingerprint density at radius 3 is 0.659 bits per heavy atom. The van der Waals surface area contributed by atoms with Gasteiger partial charge in [0.2, 0.25) is 0 Å². The molecule has 19 heteroatoms. The van der Waals surface area contributed by atoms with Crippen LogP contribution in [-0.2, 0) is 37.3 Å². The monoisotopic (exact) mass is 681 g/mol. The molecule has 0 saturated heterocycles. The molecule has 0 fully saturated rings. The van der Waals surface area contributed by atoms with Crippen molar-refractivity contribution >= 4 is 20.2 Å². The van der Waals surface area contributed by atoms with Crippen molar-refractivity contribution in [1.82, 2.24) is 0 Å². The van der Waals surface area contributed by atoms with Gasteiger partial charge in [0, 0.05) is 0 Å². The summed E-state index contributed by atoms with van der Waals surface area (Å²) in [7, 11) is -12.2. The summed E-state index contributed by atoms with van der Waals surface area (Å²) in [5.74, 6) is 0. The van der Waals surface area contributed by atoms with E-state index in [-0.39, 0.29) is 17.1 Å². The third kappa shape index (κ3) is 29.8. The van der Waals surface area contributed by atoms with Gasteiger partial charge in [-0.3, -0.25) is 0 Å². The molecule has 0 N–H and O–H groups in total. The Morgan fingerprint density at radius 1 is 0.463 bits per heavy atom. The van der Waals surface area contributed by atoms with Gasteiger partial charge in [-0.05, 0) is 0 Å². The second-order valence-electron chi connectivity index (χ2n) is 6.34. The van der Waals surface area contributed by atoms with E-state index < -0.39 is 31.3 Å². The maximum atomic E-state index is 10.7. The summed E-state index contributed by atoms with van der Waals surface area (Å²) < 4.78 is 118. The molecule has 10 nitrogen and oxygen atoms in total. The molecule has 0 aromatic heterocycles. The Morgan fingerprint density at radius 2 is 0.634 bits per heavy atom. The fourth-order valence-corrected chi connectivity index (χ4v) is 1.49. The minimum Gasteiger partial charge on any atom is -0.741 e. The topological polar surface area (TPSA) is 171 Å². The standard InChI is InChI=1S/4C5H6N.2CHF3O3S.Cu/c4*1-2-4-6-5-3-1;2*2-1(3,4)8(5,6)7;/h4*1-4H,5H2;2*(H,5,6,7);/q4*-1;;;+2/p-2. The first kappa shape index (κ1) is 42.5. The molecule has 4 rings (SSSR count). The normalized spacial score (nSPS) is 15.6. The molecule has 1 radical (unpaired) electrons. The van der Waals surface area contributed by atoms with E-state index in [1.165, 1.54) is 0 Å². The van der Waals surface area contributed by atoms with Gasteiger partial charge in [0.1, 0.15) is 0 Å². The molecule has 0 spiro atoms. The molecule has 0 aromatic rings. The first-order valence-corrected chi connectivity index (χ1v) is 13.3. The summed E-state index contributed by atoms with van der Waals surface area (Å²) in [4.78, 5) is 0. The summed E-state index contributed by atoms with van der Waals surface area (Å²) in [6, 6.07) is 0. The van der Waals surface area contributed by atoms with Crippen molar-refractivity contribution in [2.45, 2.75) is 11.0 Å². The summed E-state index contributed by atoms with van der Waals surface area (Å²) in [5, 5.41) is 15.6. The van der Waals surface area contributed by atoms with Gasteiger partial charge in [-0.25, -0.2) is 16.8 Å². The first-order valence-electron chi connectivity index (χ1n) is 10.5. The molecule has 237 valence electrons. The molecule has 0 bridgehead atoms. The zero-order valence-corrected chi connectivity index (χ0v) is 23.3. The van der Waals surface area contributed by atoms with E-state index >= 15 is 0 Å². The predicted molar refractivity (Wildman–Crippen MR) is 138 cm³/mol. The second kappa shape index (κ2) is 23.7. The molecule has 0 unspecified atom stereocenters. The van der Waals surface area contributed by atoms with E-state index in [1.54, 1.807) is 24.8 Å². The molecule has 0 saturated carbocycles. The van der Waals surface area contributed by atoms with E-state index in [0.29, 0.717) is 0 Å². The van der Waals surface area contributed by atoms with Crippen molar-refractivity contribution < 1.29 is 69.4 Å². The van der Waals surface area contributed by atoms with Gasteiger partial charge >= 0.3 is 28.1 Å². The Labute approximate surface area is 245 Å². The van der Waals surface area contributed by atoms with Crippen molar-refractivity contribution in [1.29, 1.82) is 0 Å². The molecule has 0 aromatic carbocycles. The van der Waals surface area contributed by atoms with Crippen LogP contribution in [0.4, 0.5) is 26.3 Å². The molecule has 0 aliphatic carbocycles. The zero-order chi connectivity index (χ0) is 31.0. The summed E-state index contributed by atoms with van der Waals surface area (Å²) in [6.45, 7) is 3.43. The smallest absolute Gasteiger partial charge is 0.741 e. The van der Waals surface area contributed by atoms with Gasteiger partial charge in [-0.15, -0.1) is 50.5 Å². The van der Waals surface area contributed by atoms with Crippen LogP contribution < -0.4 is 0 Å². The van der Waals surface area contributed by atoms with Crippen molar-refractivity contribution in [2.24, 2.45) is 0 Å². The van der Waals surface area contributed by atoms with Gasteiger partial charge in [-0.1, -0.05) is 48.6 Å². The molecule has 4 aliphatic heterocycles. The van der Waals surface area contributed by atoms with Crippen LogP contribution in [0.3, 0.4) is 0 Å². The third-order valence-electron chi connectivity index (χ3n) is 3.16. The minimum atomic E-state index is -6.09.